The number of nitrogens with one attached hydrogen (secondary N) is 2. The molecular weight excluding hydrogens is 320 g/mol. The van der Waals surface area contributed by atoms with Crippen molar-refractivity contribution in [1.82, 2.24) is 5.32 Å². The maximum absolute atomic E-state index is 12.7. The molecule has 1 saturated heterocycles. The second kappa shape index (κ2) is 8.04. The molecule has 0 radical (unpaired) electrons. The van der Waals surface area contributed by atoms with Crippen LogP contribution >= 0.6 is 12.2 Å². The first-order valence-corrected chi connectivity index (χ1v) is 8.50. The molecule has 0 bridgehead atoms. The zero-order valence-corrected chi connectivity index (χ0v) is 14.1. The molecule has 4 nitrogen and oxygen atoms in total. The van der Waals surface area contributed by atoms with Gasteiger partial charge in [0.15, 0.2) is 10.9 Å². The van der Waals surface area contributed by atoms with Gasteiger partial charge in [-0.1, -0.05) is 42.5 Å². The Bertz CT molecular complexity index is 712. The van der Waals surface area contributed by atoms with Crippen molar-refractivity contribution in [2.75, 3.05) is 18.5 Å². The number of para-hydroxylation sites is 1. The summed E-state index contributed by atoms with van der Waals surface area (Å²) in [5.74, 6) is -0.0272. The van der Waals surface area contributed by atoms with E-state index in [1.807, 2.05) is 48.5 Å². The van der Waals surface area contributed by atoms with Gasteiger partial charge in [0.1, 0.15) is 0 Å². The topological polar surface area (TPSA) is 50.4 Å². The van der Waals surface area contributed by atoms with Crippen LogP contribution in [0.15, 0.2) is 54.6 Å². The van der Waals surface area contributed by atoms with Crippen molar-refractivity contribution in [3.05, 3.63) is 65.7 Å². The van der Waals surface area contributed by atoms with Crippen molar-refractivity contribution < 1.29 is 9.53 Å². The van der Waals surface area contributed by atoms with Gasteiger partial charge in [-0.15, -0.1) is 0 Å². The van der Waals surface area contributed by atoms with Gasteiger partial charge >= 0.3 is 0 Å². The molecule has 3 rings (SSSR count). The fraction of sp³-hybridized carbons (Fsp3) is 0.263. The molecule has 0 aromatic heterocycles. The van der Waals surface area contributed by atoms with Crippen molar-refractivity contribution in [3.8, 4) is 0 Å². The molecule has 0 spiro atoms. The van der Waals surface area contributed by atoms with Gasteiger partial charge in [0, 0.05) is 24.3 Å². The molecule has 1 aliphatic heterocycles. The van der Waals surface area contributed by atoms with Crippen LogP contribution in [0.2, 0.25) is 0 Å². The maximum Gasteiger partial charge on any atom is 0.195 e. The van der Waals surface area contributed by atoms with Crippen molar-refractivity contribution >= 4 is 28.8 Å². The molecule has 1 aliphatic rings. The summed E-state index contributed by atoms with van der Waals surface area (Å²) in [6.07, 6.45) is 2.37. The minimum atomic E-state index is -0.0272. The summed E-state index contributed by atoms with van der Waals surface area (Å²) in [6, 6.07) is 16.6. The lowest BCUT2D eigenvalue weighted by molar-refractivity contribution is 0.103. The Labute approximate surface area is 147 Å². The van der Waals surface area contributed by atoms with Crippen LogP contribution in [-0.2, 0) is 4.74 Å². The molecule has 5 heteroatoms. The minimum Gasteiger partial charge on any atom is -0.376 e. The quantitative estimate of drug-likeness (QED) is 0.645. The Hall–Kier alpha value is -2.24. The standard InChI is InChI=1S/C19H20N2O2S/c22-18(14-7-2-1-3-8-14)16-10-4-5-11-17(16)21-19(24)20-13-15-9-6-12-23-15/h1-5,7-8,10-11,15H,6,9,12-13H2,(H2,20,21,24)/t15-/m1/s1. The summed E-state index contributed by atoms with van der Waals surface area (Å²) >= 11 is 5.34. The summed E-state index contributed by atoms with van der Waals surface area (Å²) in [5.41, 5.74) is 1.96. The number of hydrogen-bond donors (Lipinski definition) is 2. The van der Waals surface area contributed by atoms with Gasteiger partial charge in [-0.2, -0.15) is 0 Å². The Balaban J connectivity index is 1.67. The van der Waals surface area contributed by atoms with Crippen molar-refractivity contribution in [2.45, 2.75) is 18.9 Å². The van der Waals surface area contributed by atoms with E-state index in [1.54, 1.807) is 6.07 Å². The largest absolute Gasteiger partial charge is 0.376 e. The number of carbonyl (C=O) groups is 1. The van der Waals surface area contributed by atoms with Gasteiger partial charge in [-0.25, -0.2) is 0 Å². The number of rotatable bonds is 5. The predicted molar refractivity (Wildman–Crippen MR) is 99.5 cm³/mol. The van der Waals surface area contributed by atoms with E-state index in [0.717, 1.165) is 19.4 Å². The van der Waals surface area contributed by atoms with E-state index >= 15 is 0 Å². The molecule has 0 amide bonds. The average molecular weight is 340 g/mol. The van der Waals surface area contributed by atoms with Gasteiger partial charge < -0.3 is 15.4 Å². The Morgan fingerprint density at radius 1 is 1.12 bits per heavy atom. The number of benzene rings is 2. The van der Waals surface area contributed by atoms with Crippen LogP contribution in [0.4, 0.5) is 5.69 Å². The number of carbonyl (C=O) groups excluding carboxylic acids is 1. The molecule has 0 aliphatic carbocycles. The summed E-state index contributed by atoms with van der Waals surface area (Å²) in [7, 11) is 0. The van der Waals surface area contributed by atoms with E-state index in [1.165, 1.54) is 0 Å². The van der Waals surface area contributed by atoms with E-state index in [9.17, 15) is 4.79 Å². The first-order chi connectivity index (χ1) is 11.7. The van der Waals surface area contributed by atoms with Crippen LogP contribution in [-0.4, -0.2) is 30.2 Å². The third-order valence-corrected chi connectivity index (χ3v) is 4.22. The van der Waals surface area contributed by atoms with Gasteiger partial charge in [-0.3, -0.25) is 4.79 Å². The molecule has 0 unspecified atom stereocenters. The molecule has 124 valence electrons. The average Bonchev–Trinajstić information content (AvgIpc) is 3.14. The van der Waals surface area contributed by atoms with E-state index in [4.69, 9.17) is 17.0 Å². The van der Waals surface area contributed by atoms with Crippen LogP contribution in [0.25, 0.3) is 0 Å². The van der Waals surface area contributed by atoms with Gasteiger partial charge in [0.05, 0.1) is 11.8 Å². The van der Waals surface area contributed by atoms with Crippen LogP contribution in [0.3, 0.4) is 0 Å². The van der Waals surface area contributed by atoms with Crippen molar-refractivity contribution in [2.24, 2.45) is 0 Å². The molecule has 2 aromatic carbocycles. The van der Waals surface area contributed by atoms with Gasteiger partial charge in [0.2, 0.25) is 0 Å². The van der Waals surface area contributed by atoms with Crippen LogP contribution in [0, 0.1) is 0 Å². The highest BCUT2D eigenvalue weighted by atomic mass is 32.1. The predicted octanol–water partition coefficient (Wildman–Crippen LogP) is 3.38. The zero-order valence-electron chi connectivity index (χ0n) is 13.3. The number of ketones is 1. The van der Waals surface area contributed by atoms with Crippen LogP contribution < -0.4 is 10.6 Å². The lowest BCUT2D eigenvalue weighted by Crippen LogP contribution is -2.35. The SMILES string of the molecule is O=C(c1ccccc1)c1ccccc1NC(=S)NC[C@H]1CCCO1. The fourth-order valence-corrected chi connectivity index (χ4v) is 2.91. The van der Waals surface area contributed by atoms with Gasteiger partial charge in [-0.05, 0) is 37.2 Å². The second-order valence-electron chi connectivity index (χ2n) is 5.71. The number of anilines is 1. The third-order valence-electron chi connectivity index (χ3n) is 3.97. The monoisotopic (exact) mass is 340 g/mol. The lowest BCUT2D eigenvalue weighted by Gasteiger charge is -2.15. The first-order valence-electron chi connectivity index (χ1n) is 8.09. The number of hydrogen-bond acceptors (Lipinski definition) is 3. The van der Waals surface area contributed by atoms with E-state index in [-0.39, 0.29) is 11.9 Å². The maximum atomic E-state index is 12.7. The van der Waals surface area contributed by atoms with E-state index in [0.29, 0.717) is 28.5 Å². The van der Waals surface area contributed by atoms with E-state index in [2.05, 4.69) is 10.6 Å². The molecule has 1 atom stereocenters. The summed E-state index contributed by atoms with van der Waals surface area (Å²) < 4.78 is 5.57. The summed E-state index contributed by atoms with van der Waals surface area (Å²) in [5, 5.41) is 6.79. The Morgan fingerprint density at radius 2 is 1.88 bits per heavy atom. The second-order valence-corrected chi connectivity index (χ2v) is 6.12. The molecule has 2 N–H and O–H groups in total. The summed E-state index contributed by atoms with van der Waals surface area (Å²) in [6.45, 7) is 1.50. The molecule has 1 heterocycles. The lowest BCUT2D eigenvalue weighted by atomic mass is 10.0. The smallest absolute Gasteiger partial charge is 0.195 e. The molecule has 1 fully saturated rings. The molecule has 2 aromatic rings. The highest BCUT2D eigenvalue weighted by molar-refractivity contribution is 7.80. The van der Waals surface area contributed by atoms with Crippen molar-refractivity contribution in [1.29, 1.82) is 0 Å². The normalized spacial score (nSPS) is 16.6. The molecule has 24 heavy (non-hydrogen) atoms. The fourth-order valence-electron chi connectivity index (χ4n) is 2.71. The third kappa shape index (κ3) is 4.19. The number of thiocarbonyl (C=S) groups is 1. The van der Waals surface area contributed by atoms with Gasteiger partial charge in [0.25, 0.3) is 0 Å². The van der Waals surface area contributed by atoms with E-state index < -0.39 is 0 Å². The summed E-state index contributed by atoms with van der Waals surface area (Å²) in [4.78, 5) is 12.7. The minimum absolute atomic E-state index is 0.0272. The van der Waals surface area contributed by atoms with Crippen molar-refractivity contribution in [3.63, 3.8) is 0 Å². The molecule has 0 saturated carbocycles. The Morgan fingerprint density at radius 3 is 2.62 bits per heavy atom. The van der Waals surface area contributed by atoms with Crippen LogP contribution in [0.1, 0.15) is 28.8 Å². The highest BCUT2D eigenvalue weighted by Gasteiger charge is 2.16. The first kappa shape index (κ1) is 16.6. The number of ether oxygens (including phenoxy) is 1. The van der Waals surface area contributed by atoms with Crippen LogP contribution in [0.5, 0.6) is 0 Å². The molecular formula is C19H20N2O2S. The highest BCUT2D eigenvalue weighted by Crippen LogP contribution is 2.19. The zero-order chi connectivity index (χ0) is 16.8. The Kier molecular flexibility index (Phi) is 5.56.